The summed E-state index contributed by atoms with van der Waals surface area (Å²) in [5, 5.41) is 17.3. The number of aromatic carboxylic acids is 1. The molecular formula is C13H6F2N2O3. The lowest BCUT2D eigenvalue weighted by atomic mass is 10.2. The second-order valence-electron chi connectivity index (χ2n) is 3.64. The molecule has 0 saturated carbocycles. The molecule has 0 radical (unpaired) electrons. The molecular weight excluding hydrogens is 270 g/mol. The van der Waals surface area contributed by atoms with E-state index in [-0.39, 0.29) is 11.3 Å². The molecule has 1 N–H and O–H groups in total. The van der Waals surface area contributed by atoms with Crippen LogP contribution in [0.3, 0.4) is 0 Å². The number of halogens is 2. The highest BCUT2D eigenvalue weighted by Gasteiger charge is 2.17. The van der Waals surface area contributed by atoms with E-state index in [1.54, 1.807) is 6.07 Å². The lowest BCUT2D eigenvalue weighted by molar-refractivity contribution is 0.0690. The molecule has 2 aromatic rings. The minimum atomic E-state index is -1.47. The van der Waals surface area contributed by atoms with Crippen molar-refractivity contribution in [3.8, 4) is 17.7 Å². The van der Waals surface area contributed by atoms with Crippen molar-refractivity contribution < 1.29 is 23.4 Å². The van der Waals surface area contributed by atoms with Gasteiger partial charge in [0.15, 0.2) is 5.82 Å². The first kappa shape index (κ1) is 13.4. The molecule has 100 valence electrons. The summed E-state index contributed by atoms with van der Waals surface area (Å²) < 4.78 is 32.1. The number of hydrogen-bond acceptors (Lipinski definition) is 4. The van der Waals surface area contributed by atoms with Crippen LogP contribution >= 0.6 is 0 Å². The van der Waals surface area contributed by atoms with Gasteiger partial charge < -0.3 is 9.84 Å². The van der Waals surface area contributed by atoms with Gasteiger partial charge in [-0.1, -0.05) is 0 Å². The number of aromatic nitrogens is 1. The Labute approximate surface area is 111 Å². The maximum absolute atomic E-state index is 13.7. The fourth-order valence-corrected chi connectivity index (χ4v) is 1.42. The molecule has 2 rings (SSSR count). The third-order valence-electron chi connectivity index (χ3n) is 2.36. The predicted molar refractivity (Wildman–Crippen MR) is 62.3 cm³/mol. The lowest BCUT2D eigenvalue weighted by Crippen LogP contribution is -2.03. The molecule has 0 fully saturated rings. The van der Waals surface area contributed by atoms with Gasteiger partial charge in [0, 0.05) is 12.3 Å². The fraction of sp³-hybridized carbons (Fsp3) is 0. The number of benzene rings is 1. The van der Waals surface area contributed by atoms with Crippen molar-refractivity contribution >= 4 is 5.97 Å². The van der Waals surface area contributed by atoms with Crippen LogP contribution in [0.1, 0.15) is 15.9 Å². The van der Waals surface area contributed by atoms with Gasteiger partial charge in [0.25, 0.3) is 5.88 Å². The Morgan fingerprint density at radius 3 is 2.70 bits per heavy atom. The van der Waals surface area contributed by atoms with Crippen LogP contribution in [0.4, 0.5) is 8.78 Å². The van der Waals surface area contributed by atoms with Crippen molar-refractivity contribution in [2.24, 2.45) is 0 Å². The highest BCUT2D eigenvalue weighted by atomic mass is 19.1. The van der Waals surface area contributed by atoms with E-state index in [1.807, 2.05) is 0 Å². The Hall–Kier alpha value is -3.01. The van der Waals surface area contributed by atoms with Gasteiger partial charge in [0.2, 0.25) is 0 Å². The Morgan fingerprint density at radius 1 is 1.35 bits per heavy atom. The van der Waals surface area contributed by atoms with Crippen molar-refractivity contribution in [1.82, 2.24) is 4.98 Å². The maximum atomic E-state index is 13.7. The van der Waals surface area contributed by atoms with E-state index >= 15 is 0 Å². The summed E-state index contributed by atoms with van der Waals surface area (Å²) in [4.78, 5) is 14.3. The molecule has 7 heteroatoms. The molecule has 5 nitrogen and oxygen atoms in total. The Morgan fingerprint density at radius 2 is 2.10 bits per heavy atom. The van der Waals surface area contributed by atoms with Gasteiger partial charge in [-0.3, -0.25) is 0 Å². The highest BCUT2D eigenvalue weighted by molar-refractivity contribution is 5.88. The number of carboxylic acid groups (broad SMARTS) is 1. The summed E-state index contributed by atoms with van der Waals surface area (Å²) in [6.07, 6.45) is 1.06. The Bertz CT molecular complexity index is 726. The van der Waals surface area contributed by atoms with Crippen LogP contribution in [0, 0.1) is 23.0 Å². The Kier molecular flexibility index (Phi) is 3.57. The molecule has 0 atom stereocenters. The number of rotatable bonds is 3. The summed E-state index contributed by atoms with van der Waals surface area (Å²) >= 11 is 0. The third-order valence-corrected chi connectivity index (χ3v) is 2.36. The van der Waals surface area contributed by atoms with E-state index in [0.717, 1.165) is 24.4 Å². The molecule has 1 heterocycles. The predicted octanol–water partition coefficient (Wildman–Crippen LogP) is 2.72. The summed E-state index contributed by atoms with van der Waals surface area (Å²) in [6, 6.07) is 5.88. The maximum Gasteiger partial charge on any atom is 0.338 e. The van der Waals surface area contributed by atoms with Crippen molar-refractivity contribution in [2.75, 3.05) is 0 Å². The van der Waals surface area contributed by atoms with Crippen LogP contribution in [0.2, 0.25) is 0 Å². The molecule has 0 aliphatic carbocycles. The number of ether oxygens (including phenoxy) is 1. The number of nitrogens with zero attached hydrogens (tertiary/aromatic N) is 2. The first-order valence-electron chi connectivity index (χ1n) is 5.28. The van der Waals surface area contributed by atoms with Gasteiger partial charge in [-0.15, -0.1) is 0 Å². The molecule has 0 saturated heterocycles. The van der Waals surface area contributed by atoms with Crippen LogP contribution in [-0.4, -0.2) is 16.1 Å². The number of hydrogen-bond donors (Lipinski definition) is 1. The van der Waals surface area contributed by atoms with Crippen molar-refractivity contribution in [1.29, 1.82) is 5.26 Å². The topological polar surface area (TPSA) is 83.2 Å². The van der Waals surface area contributed by atoms with Gasteiger partial charge in [-0.25, -0.2) is 18.6 Å². The van der Waals surface area contributed by atoms with Crippen molar-refractivity contribution in [2.45, 2.75) is 0 Å². The first-order chi connectivity index (χ1) is 9.52. The molecule has 0 aliphatic heterocycles. The SMILES string of the molecule is N#Cc1ccc(Oc2nccc(C(=O)O)c2F)cc1F. The van der Waals surface area contributed by atoms with Gasteiger partial charge in [0.1, 0.15) is 23.2 Å². The zero-order valence-electron chi connectivity index (χ0n) is 9.80. The fourth-order valence-electron chi connectivity index (χ4n) is 1.42. The quantitative estimate of drug-likeness (QED) is 0.931. The summed E-state index contributed by atoms with van der Waals surface area (Å²) in [6.45, 7) is 0. The monoisotopic (exact) mass is 276 g/mol. The zero-order chi connectivity index (χ0) is 14.7. The van der Waals surface area contributed by atoms with E-state index in [4.69, 9.17) is 15.1 Å². The minimum Gasteiger partial charge on any atom is -0.478 e. The van der Waals surface area contributed by atoms with Crippen molar-refractivity contribution in [3.05, 3.63) is 53.2 Å². The van der Waals surface area contributed by atoms with E-state index in [0.29, 0.717) is 0 Å². The van der Waals surface area contributed by atoms with Crippen LogP contribution in [-0.2, 0) is 0 Å². The largest absolute Gasteiger partial charge is 0.478 e. The standard InChI is InChI=1S/C13H6F2N2O3/c14-10-5-8(2-1-7(10)6-16)20-12-11(15)9(13(18)19)3-4-17-12/h1-5H,(H,18,19). The minimum absolute atomic E-state index is 0.101. The van der Waals surface area contributed by atoms with Crippen LogP contribution in [0.5, 0.6) is 11.6 Å². The highest BCUT2D eigenvalue weighted by Crippen LogP contribution is 2.25. The van der Waals surface area contributed by atoms with Gasteiger partial charge >= 0.3 is 5.97 Å². The smallest absolute Gasteiger partial charge is 0.338 e. The number of pyridine rings is 1. The van der Waals surface area contributed by atoms with E-state index < -0.39 is 29.0 Å². The first-order valence-corrected chi connectivity index (χ1v) is 5.28. The summed E-state index contributed by atoms with van der Waals surface area (Å²) in [5.41, 5.74) is -0.797. The average molecular weight is 276 g/mol. The zero-order valence-corrected chi connectivity index (χ0v) is 9.80. The normalized spacial score (nSPS) is 9.85. The lowest BCUT2D eigenvalue weighted by Gasteiger charge is -2.07. The van der Waals surface area contributed by atoms with Crippen LogP contribution in [0.15, 0.2) is 30.5 Å². The number of nitriles is 1. The van der Waals surface area contributed by atoms with Crippen molar-refractivity contribution in [3.63, 3.8) is 0 Å². The molecule has 0 spiro atoms. The van der Waals surface area contributed by atoms with E-state index in [1.165, 1.54) is 6.07 Å². The van der Waals surface area contributed by atoms with E-state index in [2.05, 4.69) is 4.98 Å². The molecule has 0 amide bonds. The average Bonchev–Trinajstić information content (AvgIpc) is 2.41. The van der Waals surface area contributed by atoms with E-state index in [9.17, 15) is 13.6 Å². The van der Waals surface area contributed by atoms with Crippen LogP contribution < -0.4 is 4.74 Å². The van der Waals surface area contributed by atoms with Crippen LogP contribution in [0.25, 0.3) is 0 Å². The molecule has 0 aliphatic rings. The number of carbonyl (C=O) groups is 1. The third kappa shape index (κ3) is 2.54. The van der Waals surface area contributed by atoms with Gasteiger partial charge in [-0.2, -0.15) is 5.26 Å². The van der Waals surface area contributed by atoms with Gasteiger partial charge in [-0.05, 0) is 18.2 Å². The molecule has 1 aromatic carbocycles. The number of carboxylic acids is 1. The molecule has 0 unspecified atom stereocenters. The summed E-state index contributed by atoms with van der Waals surface area (Å²) in [7, 11) is 0. The molecule has 0 bridgehead atoms. The molecule has 20 heavy (non-hydrogen) atoms. The Balaban J connectivity index is 2.36. The molecule has 1 aromatic heterocycles. The summed E-state index contributed by atoms with van der Waals surface area (Å²) in [5.74, 6) is -4.16. The van der Waals surface area contributed by atoms with Gasteiger partial charge in [0.05, 0.1) is 5.56 Å². The second-order valence-corrected chi connectivity index (χ2v) is 3.64. The second kappa shape index (κ2) is 5.32.